The Morgan fingerprint density at radius 2 is 0.562 bits per heavy atom. The van der Waals surface area contributed by atoms with Gasteiger partial charge in [-0.05, 0) is 165 Å². The minimum absolute atomic E-state index is 0.576. The number of aromatic nitrogens is 8. The van der Waals surface area contributed by atoms with Crippen molar-refractivity contribution in [1.29, 1.82) is 0 Å². The summed E-state index contributed by atoms with van der Waals surface area (Å²) in [4.78, 5) is 32.3. The second-order valence-electron chi connectivity index (χ2n) is 33.1. The Kier molecular flexibility index (Phi) is 16.5. The van der Waals surface area contributed by atoms with Crippen LogP contribution in [0.5, 0.6) is 0 Å². The van der Waals surface area contributed by atoms with E-state index in [0.29, 0.717) is 34.9 Å². The first kappa shape index (κ1) is 72.3. The van der Waals surface area contributed by atoms with Gasteiger partial charge in [-0.15, -0.1) is 0 Å². The average molecular weight is 1630 g/mol. The predicted molar refractivity (Wildman–Crippen MR) is 529 cm³/mol. The van der Waals surface area contributed by atoms with Crippen molar-refractivity contribution in [3.63, 3.8) is 0 Å². The molecular formula is C118H70N8O2. The molecule has 21 aromatic carbocycles. The lowest BCUT2D eigenvalue weighted by Gasteiger charge is -2.17. The molecule has 0 spiro atoms. The summed E-state index contributed by atoms with van der Waals surface area (Å²) in [7, 11) is 0. The summed E-state index contributed by atoms with van der Waals surface area (Å²) in [5.74, 6) is 3.56. The zero-order valence-electron chi connectivity index (χ0n) is 68.8. The zero-order chi connectivity index (χ0) is 84.0. The standard InChI is InChI=1S/C61H36N4O.C57H34N4O/c1-2-16-37(17-3-1)38-30-32-39(33-31-38)59-62-60(51-35-42-20-6-7-21-43(42)44-22-8-9-23-45(44)51)64-61(63-59)56-47-25-10-11-26-48(47)57(58-55(56)49-27-13-15-29-54(49)66-58)65-52-28-14-12-24-46(52)50-34-40-18-4-5-19-41(40)36-53(50)65;1-2-13-35(14-3-1)36-25-27-38(28-26-36)55-58-56(44-23-12-20-37-15-8-9-21-43(37)44)60-57(59-55)46-29-30-49(54-53(46)45-22-10-11-24-52(45)62-54)61-50-33-41-18-6-4-16-39(41)31-47(50)48-32-40-17-5-7-19-42(40)34-51(48)61/h1-36H;1-34H. The molecule has 128 heavy (non-hydrogen) atoms. The third-order valence-corrected chi connectivity index (χ3v) is 25.8. The van der Waals surface area contributed by atoms with Crippen molar-refractivity contribution in [2.75, 3.05) is 0 Å². The van der Waals surface area contributed by atoms with E-state index in [9.17, 15) is 0 Å². The van der Waals surface area contributed by atoms with Gasteiger partial charge in [0.15, 0.2) is 46.1 Å². The van der Waals surface area contributed by atoms with Crippen molar-refractivity contribution >= 4 is 163 Å². The summed E-state index contributed by atoms with van der Waals surface area (Å²) >= 11 is 0. The normalized spacial score (nSPS) is 11.9. The molecule has 0 saturated heterocycles. The van der Waals surface area contributed by atoms with E-state index in [2.05, 4.69) is 403 Å². The molecule has 10 nitrogen and oxygen atoms in total. The monoisotopic (exact) mass is 1630 g/mol. The fourth-order valence-corrected chi connectivity index (χ4v) is 19.8. The summed E-state index contributed by atoms with van der Waals surface area (Å²) in [6.45, 7) is 0. The largest absolute Gasteiger partial charge is 0.454 e. The number of para-hydroxylation sites is 3. The Balaban J connectivity index is 0.000000136. The Morgan fingerprint density at radius 3 is 1.15 bits per heavy atom. The summed E-state index contributed by atoms with van der Waals surface area (Å²) in [6, 6.07) is 150. The van der Waals surface area contributed by atoms with E-state index in [0.717, 1.165) is 171 Å². The SMILES string of the molecule is c1ccc(-c2ccc(-c3nc(-c4cc5ccccc5c5ccccc45)nc(-c4c5ccccc5c(-n5c6ccccc6c6cc7ccccc7cc65)c5oc6ccccc6c45)n3)cc2)cc1.c1ccc(-c2ccc(-c3nc(-c4cccc5ccccc45)nc(-c4ccc(-n5c6cc7ccccc7cc6c6cc7ccccc7cc65)c5oc6ccccc6c45)n3)cc2)cc1. The highest BCUT2D eigenvalue weighted by molar-refractivity contribution is 6.27. The molecule has 0 atom stereocenters. The second kappa shape index (κ2) is 29.2. The van der Waals surface area contributed by atoms with E-state index in [1.165, 1.54) is 59.2 Å². The van der Waals surface area contributed by atoms with E-state index < -0.39 is 0 Å². The quantitative estimate of drug-likeness (QED) is 0.124. The van der Waals surface area contributed by atoms with Crippen LogP contribution in [-0.2, 0) is 0 Å². The van der Waals surface area contributed by atoms with Crippen LogP contribution in [0.15, 0.2) is 433 Å². The number of nitrogens with zero attached hydrogens (tertiary/aromatic N) is 8. The van der Waals surface area contributed by atoms with Crippen LogP contribution in [0.2, 0.25) is 0 Å². The molecular weight excluding hydrogens is 1560 g/mol. The van der Waals surface area contributed by atoms with E-state index in [1.807, 2.05) is 30.3 Å². The lowest BCUT2D eigenvalue weighted by Crippen LogP contribution is -2.03. The number of fused-ring (bicyclic) bond motifs is 20. The van der Waals surface area contributed by atoms with Gasteiger partial charge in [-0.25, -0.2) is 29.9 Å². The first-order chi connectivity index (χ1) is 63.4. The zero-order valence-corrected chi connectivity index (χ0v) is 68.8. The minimum atomic E-state index is 0.576. The summed E-state index contributed by atoms with van der Waals surface area (Å²) in [5, 5.41) is 24.6. The van der Waals surface area contributed by atoms with Crippen LogP contribution in [0.25, 0.3) is 265 Å². The maximum Gasteiger partial charge on any atom is 0.165 e. The fourth-order valence-electron chi connectivity index (χ4n) is 19.8. The van der Waals surface area contributed by atoms with Crippen molar-refractivity contribution in [2.24, 2.45) is 0 Å². The van der Waals surface area contributed by atoms with Gasteiger partial charge in [0.2, 0.25) is 0 Å². The smallest absolute Gasteiger partial charge is 0.165 e. The highest BCUT2D eigenvalue weighted by atomic mass is 16.3. The molecule has 0 saturated carbocycles. The van der Waals surface area contributed by atoms with Crippen LogP contribution in [0.3, 0.4) is 0 Å². The van der Waals surface area contributed by atoms with Crippen LogP contribution in [0, 0.1) is 0 Å². The molecule has 0 unspecified atom stereocenters. The van der Waals surface area contributed by atoms with Gasteiger partial charge >= 0.3 is 0 Å². The maximum atomic E-state index is 7.16. The van der Waals surface area contributed by atoms with Gasteiger partial charge in [-0.3, -0.25) is 0 Å². The van der Waals surface area contributed by atoms with Crippen molar-refractivity contribution < 1.29 is 8.83 Å². The fraction of sp³-hybridized carbons (Fsp3) is 0. The van der Waals surface area contributed by atoms with Crippen molar-refractivity contribution in [1.82, 2.24) is 39.0 Å². The van der Waals surface area contributed by atoms with E-state index in [1.54, 1.807) is 0 Å². The second-order valence-corrected chi connectivity index (χ2v) is 33.1. The average Bonchev–Trinajstić information content (AvgIpc) is 1.64. The molecule has 0 aliphatic carbocycles. The van der Waals surface area contributed by atoms with Gasteiger partial charge < -0.3 is 18.0 Å². The first-order valence-electron chi connectivity index (χ1n) is 43.3. The van der Waals surface area contributed by atoms with Crippen LogP contribution >= 0.6 is 0 Å². The van der Waals surface area contributed by atoms with Crippen LogP contribution < -0.4 is 0 Å². The van der Waals surface area contributed by atoms with E-state index >= 15 is 0 Å². The van der Waals surface area contributed by atoms with Gasteiger partial charge in [0.25, 0.3) is 0 Å². The van der Waals surface area contributed by atoms with Crippen LogP contribution in [0.1, 0.15) is 0 Å². The van der Waals surface area contributed by atoms with Gasteiger partial charge in [0, 0.05) is 81.9 Å². The Morgan fingerprint density at radius 1 is 0.180 bits per heavy atom. The Bertz CT molecular complexity index is 9170. The number of hydrogen-bond acceptors (Lipinski definition) is 8. The summed E-state index contributed by atoms with van der Waals surface area (Å²) < 4.78 is 18.9. The summed E-state index contributed by atoms with van der Waals surface area (Å²) in [6.07, 6.45) is 0. The lowest BCUT2D eigenvalue weighted by molar-refractivity contribution is 0.666. The van der Waals surface area contributed by atoms with E-state index in [-0.39, 0.29) is 0 Å². The Labute approximate surface area is 732 Å². The molecule has 6 heterocycles. The summed E-state index contributed by atoms with van der Waals surface area (Å²) in [5.41, 5.74) is 19.5. The highest BCUT2D eigenvalue weighted by Gasteiger charge is 2.30. The van der Waals surface area contributed by atoms with Gasteiger partial charge in [0.1, 0.15) is 11.2 Å². The van der Waals surface area contributed by atoms with Crippen molar-refractivity contribution in [3.8, 4) is 102 Å². The van der Waals surface area contributed by atoms with Crippen LogP contribution in [0.4, 0.5) is 0 Å². The molecule has 0 N–H and O–H groups in total. The van der Waals surface area contributed by atoms with Gasteiger partial charge in [0.05, 0.1) is 33.4 Å². The molecule has 6 aromatic heterocycles. The van der Waals surface area contributed by atoms with Crippen molar-refractivity contribution in [2.45, 2.75) is 0 Å². The number of hydrogen-bond donors (Lipinski definition) is 0. The molecule has 0 radical (unpaired) electrons. The van der Waals surface area contributed by atoms with E-state index in [4.69, 9.17) is 38.7 Å². The Hall–Kier alpha value is -17.3. The number of benzene rings is 21. The lowest BCUT2D eigenvalue weighted by atomic mass is 9.95. The molecule has 0 aliphatic heterocycles. The maximum absolute atomic E-state index is 7.16. The van der Waals surface area contributed by atoms with Gasteiger partial charge in [-0.1, -0.05) is 352 Å². The third-order valence-electron chi connectivity index (χ3n) is 25.8. The molecule has 10 heteroatoms. The molecule has 0 aliphatic rings. The predicted octanol–water partition coefficient (Wildman–Crippen LogP) is 31.1. The molecule has 0 amide bonds. The molecule has 594 valence electrons. The molecule has 0 fully saturated rings. The molecule has 27 aromatic rings. The molecule has 0 bridgehead atoms. The highest BCUT2D eigenvalue weighted by Crippen LogP contribution is 2.50. The minimum Gasteiger partial charge on any atom is -0.454 e. The number of furan rings is 2. The number of rotatable bonds is 10. The molecule has 27 rings (SSSR count). The van der Waals surface area contributed by atoms with Crippen LogP contribution in [-0.4, -0.2) is 39.0 Å². The topological polar surface area (TPSA) is 113 Å². The first-order valence-corrected chi connectivity index (χ1v) is 43.3. The van der Waals surface area contributed by atoms with Crippen molar-refractivity contribution in [3.05, 3.63) is 425 Å². The van der Waals surface area contributed by atoms with Gasteiger partial charge in [-0.2, -0.15) is 0 Å². The third kappa shape index (κ3) is 11.7.